The predicted octanol–water partition coefficient (Wildman–Crippen LogP) is 4.62. The Morgan fingerprint density at radius 3 is 2.55 bits per heavy atom. The van der Waals surface area contributed by atoms with E-state index in [-0.39, 0.29) is 0 Å². The molecule has 2 aromatic carbocycles. The average Bonchev–Trinajstić information content (AvgIpc) is 2.40. The molecule has 3 aromatic rings. The number of aromatic nitrogens is 1. The molecule has 0 unspecified atom stereocenters. The molecule has 0 bridgehead atoms. The minimum atomic E-state index is -0.563. The number of fused-ring (bicyclic) bond motifs is 1. The zero-order valence-electron chi connectivity index (χ0n) is 9.97. The molecule has 6 heteroatoms. The Morgan fingerprint density at radius 2 is 1.80 bits per heavy atom. The van der Waals surface area contributed by atoms with E-state index in [2.05, 4.69) is 0 Å². The molecule has 3 nitrogen and oxygen atoms in total. The van der Waals surface area contributed by atoms with Gasteiger partial charge < -0.3 is 4.42 Å². The van der Waals surface area contributed by atoms with Crippen molar-refractivity contribution in [1.82, 2.24) is 4.57 Å². The van der Waals surface area contributed by atoms with Crippen LogP contribution < -0.4 is 5.76 Å². The van der Waals surface area contributed by atoms with Crippen LogP contribution in [0.3, 0.4) is 0 Å². The second kappa shape index (κ2) is 5.05. The van der Waals surface area contributed by atoms with E-state index in [0.717, 1.165) is 0 Å². The third-order valence-corrected chi connectivity index (χ3v) is 3.69. The number of halogens is 2. The molecule has 0 aliphatic rings. The molecule has 1 aromatic heterocycles. The van der Waals surface area contributed by atoms with Crippen LogP contribution in [0, 0.1) is 4.64 Å². The van der Waals surface area contributed by atoms with Gasteiger partial charge in [-0.2, -0.15) is 0 Å². The Labute approximate surface area is 129 Å². The van der Waals surface area contributed by atoms with Crippen LogP contribution in [0.25, 0.3) is 16.7 Å². The van der Waals surface area contributed by atoms with Crippen LogP contribution in [0.5, 0.6) is 0 Å². The lowest BCUT2D eigenvalue weighted by molar-refractivity contribution is 0.507. The monoisotopic (exact) mass is 323 g/mol. The maximum atomic E-state index is 12.1. The van der Waals surface area contributed by atoms with Crippen molar-refractivity contribution in [2.75, 3.05) is 0 Å². The molecule has 0 saturated heterocycles. The molecule has 3 rings (SSSR count). The average molecular weight is 324 g/mol. The highest BCUT2D eigenvalue weighted by molar-refractivity contribution is 7.71. The lowest BCUT2D eigenvalue weighted by atomic mass is 10.2. The Hall–Kier alpha value is -1.62. The molecule has 0 fully saturated rings. The molecule has 0 aliphatic heterocycles. The fraction of sp³-hybridized carbons (Fsp3) is 0. The first-order chi connectivity index (χ1) is 9.56. The molecular formula is C14H7Cl2NO2S. The van der Waals surface area contributed by atoms with E-state index in [4.69, 9.17) is 39.8 Å². The van der Waals surface area contributed by atoms with E-state index in [1.54, 1.807) is 42.5 Å². The third kappa shape index (κ3) is 2.26. The van der Waals surface area contributed by atoms with Crippen LogP contribution in [-0.4, -0.2) is 4.57 Å². The van der Waals surface area contributed by atoms with Crippen LogP contribution in [0.1, 0.15) is 0 Å². The molecule has 0 atom stereocenters. The second-order valence-electron chi connectivity index (χ2n) is 4.13. The highest BCUT2D eigenvalue weighted by Gasteiger charge is 2.09. The van der Waals surface area contributed by atoms with Gasteiger partial charge in [-0.1, -0.05) is 41.5 Å². The van der Waals surface area contributed by atoms with E-state index >= 15 is 0 Å². The van der Waals surface area contributed by atoms with Crippen molar-refractivity contribution in [3.63, 3.8) is 0 Å². The smallest absolute Gasteiger partial charge is 0.409 e. The van der Waals surface area contributed by atoms with Gasteiger partial charge in [-0.3, -0.25) is 0 Å². The molecule has 0 N–H and O–H groups in total. The molecule has 0 spiro atoms. The van der Waals surface area contributed by atoms with Crippen molar-refractivity contribution in [1.29, 1.82) is 0 Å². The Bertz CT molecular complexity index is 930. The maximum Gasteiger partial charge on any atom is 0.425 e. The van der Waals surface area contributed by atoms with Gasteiger partial charge in [-0.15, -0.1) is 0 Å². The van der Waals surface area contributed by atoms with E-state index < -0.39 is 5.76 Å². The molecule has 20 heavy (non-hydrogen) atoms. The highest BCUT2D eigenvalue weighted by atomic mass is 35.5. The predicted molar refractivity (Wildman–Crippen MR) is 82.7 cm³/mol. The van der Waals surface area contributed by atoms with Gasteiger partial charge in [0.15, 0.2) is 0 Å². The molecule has 1 heterocycles. The lowest BCUT2D eigenvalue weighted by Gasteiger charge is -2.07. The highest BCUT2D eigenvalue weighted by Crippen LogP contribution is 2.21. The molecule has 100 valence electrons. The number of nitrogens with zero attached hydrogens (tertiary/aromatic N) is 1. The standard InChI is InChI=1S/C14H7Cl2NO2S/c15-8-2-1-3-10(6-8)17-13(20)11-7-9(16)4-5-12(11)19-14(17)18/h1-7H. The van der Waals surface area contributed by atoms with Crippen LogP contribution in [0.4, 0.5) is 0 Å². The van der Waals surface area contributed by atoms with Gasteiger partial charge in [0.05, 0.1) is 11.1 Å². The lowest BCUT2D eigenvalue weighted by Crippen LogP contribution is -2.17. The van der Waals surface area contributed by atoms with Crippen LogP contribution in [0.15, 0.2) is 51.7 Å². The summed E-state index contributed by atoms with van der Waals surface area (Å²) in [5.41, 5.74) is 0.959. The van der Waals surface area contributed by atoms with E-state index in [0.29, 0.717) is 31.3 Å². The zero-order chi connectivity index (χ0) is 14.3. The summed E-state index contributed by atoms with van der Waals surface area (Å²) < 4.78 is 6.89. The first kappa shape index (κ1) is 13.4. The van der Waals surface area contributed by atoms with Crippen molar-refractivity contribution >= 4 is 46.4 Å². The van der Waals surface area contributed by atoms with E-state index in [1.807, 2.05) is 0 Å². The summed E-state index contributed by atoms with van der Waals surface area (Å²) >= 11 is 17.3. The van der Waals surface area contributed by atoms with Gasteiger partial charge in [-0.05, 0) is 36.4 Å². The summed E-state index contributed by atoms with van der Waals surface area (Å²) in [6.45, 7) is 0. The first-order valence-corrected chi connectivity index (χ1v) is 6.84. The summed E-state index contributed by atoms with van der Waals surface area (Å²) in [6.07, 6.45) is 0. The quantitative estimate of drug-likeness (QED) is 0.613. The van der Waals surface area contributed by atoms with Gasteiger partial charge in [0.2, 0.25) is 0 Å². The number of benzene rings is 2. The Balaban J connectivity index is 2.42. The minimum Gasteiger partial charge on any atom is -0.409 e. The zero-order valence-corrected chi connectivity index (χ0v) is 12.3. The van der Waals surface area contributed by atoms with E-state index in [9.17, 15) is 4.79 Å². The largest absolute Gasteiger partial charge is 0.425 e. The molecular weight excluding hydrogens is 317 g/mol. The molecule has 0 saturated carbocycles. The summed E-state index contributed by atoms with van der Waals surface area (Å²) in [4.78, 5) is 12.1. The topological polar surface area (TPSA) is 35.1 Å². The maximum absolute atomic E-state index is 12.1. The molecule has 0 aliphatic carbocycles. The summed E-state index contributed by atoms with van der Waals surface area (Å²) in [5.74, 6) is -0.563. The van der Waals surface area contributed by atoms with Crippen LogP contribution >= 0.6 is 35.4 Å². The Morgan fingerprint density at radius 1 is 1.05 bits per heavy atom. The number of rotatable bonds is 1. The number of hydrogen-bond acceptors (Lipinski definition) is 3. The van der Waals surface area contributed by atoms with Crippen LogP contribution in [-0.2, 0) is 0 Å². The molecule has 0 radical (unpaired) electrons. The van der Waals surface area contributed by atoms with Crippen molar-refractivity contribution in [2.45, 2.75) is 0 Å². The summed E-state index contributed by atoms with van der Waals surface area (Å²) in [5, 5.41) is 1.64. The third-order valence-electron chi connectivity index (χ3n) is 2.82. The number of hydrogen-bond donors (Lipinski definition) is 0. The fourth-order valence-corrected chi connectivity index (χ4v) is 2.64. The molecule has 0 amide bonds. The van der Waals surface area contributed by atoms with Gasteiger partial charge in [0.1, 0.15) is 10.2 Å². The van der Waals surface area contributed by atoms with E-state index in [1.165, 1.54) is 4.57 Å². The van der Waals surface area contributed by atoms with Gasteiger partial charge in [-0.25, -0.2) is 9.36 Å². The van der Waals surface area contributed by atoms with Gasteiger partial charge in [0.25, 0.3) is 0 Å². The second-order valence-corrected chi connectivity index (χ2v) is 5.39. The van der Waals surface area contributed by atoms with Gasteiger partial charge in [0, 0.05) is 10.0 Å². The van der Waals surface area contributed by atoms with Crippen molar-refractivity contribution in [3.8, 4) is 5.69 Å². The van der Waals surface area contributed by atoms with Crippen molar-refractivity contribution < 1.29 is 4.42 Å². The first-order valence-electron chi connectivity index (χ1n) is 5.67. The summed E-state index contributed by atoms with van der Waals surface area (Å²) in [6, 6.07) is 11.8. The van der Waals surface area contributed by atoms with Gasteiger partial charge >= 0.3 is 5.76 Å². The summed E-state index contributed by atoms with van der Waals surface area (Å²) in [7, 11) is 0. The van der Waals surface area contributed by atoms with Crippen molar-refractivity contribution in [2.24, 2.45) is 0 Å². The minimum absolute atomic E-state index is 0.334. The normalized spacial score (nSPS) is 10.9. The fourth-order valence-electron chi connectivity index (χ4n) is 1.94. The van der Waals surface area contributed by atoms with Crippen molar-refractivity contribution in [3.05, 3.63) is 67.7 Å². The van der Waals surface area contributed by atoms with Crippen LogP contribution in [0.2, 0.25) is 10.0 Å². The SMILES string of the molecule is O=c1oc2ccc(Cl)cc2c(=S)n1-c1cccc(Cl)c1. The Kier molecular flexibility index (Phi) is 3.38.